The first kappa shape index (κ1) is 16.2. The van der Waals surface area contributed by atoms with Crippen LogP contribution >= 0.6 is 0 Å². The van der Waals surface area contributed by atoms with Gasteiger partial charge in [0.15, 0.2) is 5.82 Å². The number of carbonyl (C=O) groups excluding carboxylic acids is 1. The maximum Gasteiger partial charge on any atom is 0.243 e. The second kappa shape index (κ2) is 7.04. The molecule has 1 amide bonds. The van der Waals surface area contributed by atoms with Crippen LogP contribution in [0, 0.1) is 23.7 Å². The summed E-state index contributed by atoms with van der Waals surface area (Å²) in [5, 5.41) is 16.3. The number of carbonyl (C=O) groups is 1. The lowest BCUT2D eigenvalue weighted by Gasteiger charge is -2.29. The highest BCUT2D eigenvalue weighted by Gasteiger charge is 2.39. The summed E-state index contributed by atoms with van der Waals surface area (Å²) >= 11 is 0. The average Bonchev–Trinajstić information content (AvgIpc) is 2.82. The summed E-state index contributed by atoms with van der Waals surface area (Å²) in [5.74, 6) is 1.15. The first-order valence-corrected chi connectivity index (χ1v) is 7.03. The number of H-pyrrole nitrogens is 1. The molecule has 1 N–H and O–H groups in total. The zero-order valence-electron chi connectivity index (χ0n) is 12.7. The minimum Gasteiger partial charge on any atom is -0.337 e. The summed E-state index contributed by atoms with van der Waals surface area (Å²) < 4.78 is 0. The van der Waals surface area contributed by atoms with Crippen LogP contribution in [-0.4, -0.2) is 33.0 Å². The molecule has 0 unspecified atom stereocenters. The Morgan fingerprint density at radius 3 is 2.40 bits per heavy atom. The maximum atomic E-state index is 12.6. The van der Waals surface area contributed by atoms with Crippen molar-refractivity contribution >= 4 is 5.91 Å². The van der Waals surface area contributed by atoms with E-state index in [1.807, 2.05) is 20.8 Å². The lowest BCUT2D eigenvalue weighted by molar-refractivity contribution is -0.139. The Morgan fingerprint density at radius 2 is 2.00 bits per heavy atom. The molecule has 1 aromatic heterocycles. The summed E-state index contributed by atoms with van der Waals surface area (Å²) in [7, 11) is 1.70. The van der Waals surface area contributed by atoms with Crippen molar-refractivity contribution in [2.45, 2.75) is 53.0 Å². The Labute approximate surface area is 120 Å². The molecule has 0 fully saturated rings. The number of rotatable bonds is 7. The van der Waals surface area contributed by atoms with E-state index in [-0.39, 0.29) is 5.91 Å². The number of nitrogens with one attached hydrogen (secondary N) is 1. The van der Waals surface area contributed by atoms with Gasteiger partial charge in [-0.1, -0.05) is 26.7 Å². The normalized spacial score (nSPS) is 11.2. The average molecular weight is 277 g/mol. The van der Waals surface area contributed by atoms with Crippen molar-refractivity contribution in [2.24, 2.45) is 5.41 Å². The molecular formula is C14H23N5O. The zero-order chi connectivity index (χ0) is 15.2. The number of nitriles is 1. The molecule has 0 radical (unpaired) electrons. The molecule has 0 saturated heterocycles. The third-order valence-electron chi connectivity index (χ3n) is 3.35. The number of aryl methyl sites for hydroxylation is 1. The number of hydrogen-bond donors (Lipinski definition) is 1. The number of nitrogens with zero attached hydrogens (tertiary/aromatic N) is 4. The van der Waals surface area contributed by atoms with Gasteiger partial charge in [0.2, 0.25) is 5.91 Å². The quantitative estimate of drug-likeness (QED) is 0.827. The van der Waals surface area contributed by atoms with E-state index in [1.165, 1.54) is 0 Å². The van der Waals surface area contributed by atoms with Crippen LogP contribution in [0.15, 0.2) is 0 Å². The standard InChI is InChI=1S/C14H23N5O/c1-5-7-14(10-15,8-6-2)13(20)19(4)9-12-16-11(3)17-18-12/h5-9H2,1-4H3,(H,16,17,18). The second-order valence-corrected chi connectivity index (χ2v) is 5.19. The first-order valence-electron chi connectivity index (χ1n) is 7.03. The molecule has 0 bridgehead atoms. The minimum absolute atomic E-state index is 0.133. The molecule has 110 valence electrons. The monoisotopic (exact) mass is 277 g/mol. The fourth-order valence-corrected chi connectivity index (χ4v) is 2.46. The Balaban J connectivity index is 2.85. The topological polar surface area (TPSA) is 85.7 Å². The third kappa shape index (κ3) is 3.56. The highest BCUT2D eigenvalue weighted by Crippen LogP contribution is 2.31. The van der Waals surface area contributed by atoms with Crippen molar-refractivity contribution in [3.05, 3.63) is 11.6 Å². The van der Waals surface area contributed by atoms with E-state index in [4.69, 9.17) is 0 Å². The molecule has 1 rings (SSSR count). The van der Waals surface area contributed by atoms with Gasteiger partial charge in [-0.05, 0) is 19.8 Å². The van der Waals surface area contributed by atoms with Crippen LogP contribution in [0.1, 0.15) is 51.2 Å². The third-order valence-corrected chi connectivity index (χ3v) is 3.35. The van der Waals surface area contributed by atoms with E-state index in [2.05, 4.69) is 21.3 Å². The summed E-state index contributed by atoms with van der Waals surface area (Å²) in [5.41, 5.74) is -0.913. The van der Waals surface area contributed by atoms with Gasteiger partial charge in [0.1, 0.15) is 11.2 Å². The molecule has 20 heavy (non-hydrogen) atoms. The predicted octanol–water partition coefficient (Wildman–Crippen LogP) is 2.18. The van der Waals surface area contributed by atoms with Crippen LogP contribution in [0.25, 0.3) is 0 Å². The molecule has 1 aromatic rings. The highest BCUT2D eigenvalue weighted by molar-refractivity contribution is 5.85. The van der Waals surface area contributed by atoms with Crippen LogP contribution in [0.2, 0.25) is 0 Å². The van der Waals surface area contributed by atoms with Gasteiger partial charge in [0.05, 0.1) is 12.6 Å². The predicted molar refractivity (Wildman–Crippen MR) is 75.5 cm³/mol. The van der Waals surface area contributed by atoms with Crippen LogP contribution < -0.4 is 0 Å². The van der Waals surface area contributed by atoms with Gasteiger partial charge >= 0.3 is 0 Å². The molecule has 0 aromatic carbocycles. The molecular weight excluding hydrogens is 254 g/mol. The Morgan fingerprint density at radius 1 is 1.40 bits per heavy atom. The van der Waals surface area contributed by atoms with Gasteiger partial charge in [0.25, 0.3) is 0 Å². The first-order chi connectivity index (χ1) is 9.49. The van der Waals surface area contributed by atoms with Crippen LogP contribution in [0.3, 0.4) is 0 Å². The second-order valence-electron chi connectivity index (χ2n) is 5.19. The SMILES string of the molecule is CCCC(C#N)(CCC)C(=O)N(C)Cc1n[nH]c(C)n1. The van der Waals surface area contributed by atoms with Crippen molar-refractivity contribution < 1.29 is 4.79 Å². The number of aromatic nitrogens is 3. The fraction of sp³-hybridized carbons (Fsp3) is 0.714. The largest absolute Gasteiger partial charge is 0.337 e. The van der Waals surface area contributed by atoms with Crippen LogP contribution in [0.5, 0.6) is 0 Å². The Hall–Kier alpha value is -1.90. The van der Waals surface area contributed by atoms with Crippen LogP contribution in [0.4, 0.5) is 0 Å². The molecule has 0 aliphatic carbocycles. The van der Waals surface area contributed by atoms with Gasteiger partial charge in [-0.3, -0.25) is 9.89 Å². The molecule has 0 aliphatic heterocycles. The van der Waals surface area contributed by atoms with E-state index in [0.29, 0.717) is 25.2 Å². The fourth-order valence-electron chi connectivity index (χ4n) is 2.46. The lowest BCUT2D eigenvalue weighted by atomic mass is 9.79. The van der Waals surface area contributed by atoms with Crippen LogP contribution in [-0.2, 0) is 11.3 Å². The van der Waals surface area contributed by atoms with Crippen molar-refractivity contribution in [3.8, 4) is 6.07 Å². The van der Waals surface area contributed by atoms with Crippen molar-refractivity contribution in [3.63, 3.8) is 0 Å². The Kier molecular flexibility index (Phi) is 5.68. The molecule has 0 saturated carbocycles. The molecule has 6 heteroatoms. The highest BCUT2D eigenvalue weighted by atomic mass is 16.2. The lowest BCUT2D eigenvalue weighted by Crippen LogP contribution is -2.41. The van der Waals surface area contributed by atoms with Gasteiger partial charge in [-0.15, -0.1) is 0 Å². The maximum absolute atomic E-state index is 12.6. The summed E-state index contributed by atoms with van der Waals surface area (Å²) in [6.45, 7) is 6.12. The van der Waals surface area contributed by atoms with Gasteiger partial charge in [0, 0.05) is 7.05 Å². The smallest absolute Gasteiger partial charge is 0.243 e. The number of amides is 1. The molecule has 6 nitrogen and oxygen atoms in total. The van der Waals surface area contributed by atoms with E-state index in [9.17, 15) is 10.1 Å². The van der Waals surface area contributed by atoms with Crippen molar-refractivity contribution in [2.75, 3.05) is 7.05 Å². The number of hydrogen-bond acceptors (Lipinski definition) is 4. The van der Waals surface area contributed by atoms with Gasteiger partial charge in [-0.25, -0.2) is 4.98 Å². The minimum atomic E-state index is -0.913. The van der Waals surface area contributed by atoms with Gasteiger partial charge in [-0.2, -0.15) is 10.4 Å². The zero-order valence-corrected chi connectivity index (χ0v) is 12.7. The Bertz CT molecular complexity index is 482. The van der Waals surface area contributed by atoms with Gasteiger partial charge < -0.3 is 4.90 Å². The molecule has 0 spiro atoms. The molecule has 0 atom stereocenters. The van der Waals surface area contributed by atoms with Crippen molar-refractivity contribution in [1.82, 2.24) is 20.1 Å². The number of aromatic amines is 1. The van der Waals surface area contributed by atoms with Crippen molar-refractivity contribution in [1.29, 1.82) is 5.26 Å². The van der Waals surface area contributed by atoms with E-state index in [0.717, 1.165) is 18.7 Å². The van der Waals surface area contributed by atoms with E-state index in [1.54, 1.807) is 11.9 Å². The molecule has 1 heterocycles. The molecule has 0 aliphatic rings. The summed E-state index contributed by atoms with van der Waals surface area (Å²) in [6, 6.07) is 2.25. The van der Waals surface area contributed by atoms with E-state index < -0.39 is 5.41 Å². The summed E-state index contributed by atoms with van der Waals surface area (Å²) in [4.78, 5) is 18.4. The van der Waals surface area contributed by atoms with E-state index >= 15 is 0 Å². The summed E-state index contributed by atoms with van der Waals surface area (Å²) in [6.07, 6.45) is 2.81.